The molecular weight excluding hydrogens is 266 g/mol. The summed E-state index contributed by atoms with van der Waals surface area (Å²) in [4.78, 5) is 15.2. The van der Waals surface area contributed by atoms with Gasteiger partial charge in [0.05, 0.1) is 19.8 Å². The maximum atomic E-state index is 13.0. The minimum Gasteiger partial charge on any atom is -0.493 e. The summed E-state index contributed by atoms with van der Waals surface area (Å²) in [6.45, 7) is 9.92. The molecule has 21 heavy (non-hydrogen) atoms. The molecule has 0 radical (unpaired) electrons. The molecule has 0 aromatic heterocycles. The Kier molecular flexibility index (Phi) is 6.21. The van der Waals surface area contributed by atoms with E-state index in [1.54, 1.807) is 32.4 Å². The molecule has 0 bridgehead atoms. The van der Waals surface area contributed by atoms with Crippen LogP contribution >= 0.6 is 0 Å². The summed E-state index contributed by atoms with van der Waals surface area (Å²) in [6.07, 6.45) is 0.766. The van der Waals surface area contributed by atoms with Crippen LogP contribution in [0.3, 0.4) is 0 Å². The van der Waals surface area contributed by atoms with Crippen LogP contribution in [0.4, 0.5) is 0 Å². The van der Waals surface area contributed by atoms with Gasteiger partial charge in [0.25, 0.3) is 0 Å². The number of ketones is 1. The quantitative estimate of drug-likeness (QED) is 0.689. The van der Waals surface area contributed by atoms with E-state index in [1.807, 2.05) is 6.92 Å². The summed E-state index contributed by atoms with van der Waals surface area (Å²) >= 11 is 0. The molecule has 0 aliphatic carbocycles. The number of carbonyl (C=O) groups is 1. The Bertz CT molecular complexity index is 483. The summed E-state index contributed by atoms with van der Waals surface area (Å²) in [5.41, 5.74) is 0.159. The largest absolute Gasteiger partial charge is 0.493 e. The smallest absolute Gasteiger partial charge is 0.182 e. The van der Waals surface area contributed by atoms with Crippen LogP contribution in [0.25, 0.3) is 0 Å². The number of ether oxygens (including phenoxy) is 2. The fourth-order valence-electron chi connectivity index (χ4n) is 2.74. The van der Waals surface area contributed by atoms with E-state index in [0.29, 0.717) is 17.1 Å². The van der Waals surface area contributed by atoms with Gasteiger partial charge in [-0.25, -0.2) is 0 Å². The molecule has 0 spiro atoms. The average molecular weight is 293 g/mol. The second-order valence-corrected chi connectivity index (χ2v) is 5.20. The highest BCUT2D eigenvalue weighted by molar-refractivity contribution is 6.03. The fraction of sp³-hybridized carbons (Fsp3) is 0.588. The van der Waals surface area contributed by atoms with Crippen molar-refractivity contribution >= 4 is 5.78 Å². The molecule has 0 amide bonds. The lowest BCUT2D eigenvalue weighted by molar-refractivity contribution is 0.0607. The molecule has 4 nitrogen and oxygen atoms in total. The maximum absolute atomic E-state index is 13.0. The molecule has 1 aromatic rings. The van der Waals surface area contributed by atoms with Crippen molar-refractivity contribution in [2.75, 3.05) is 27.3 Å². The minimum absolute atomic E-state index is 0.120. The third-order valence-corrected chi connectivity index (χ3v) is 4.28. The Morgan fingerprint density at radius 1 is 1.10 bits per heavy atom. The van der Waals surface area contributed by atoms with Crippen molar-refractivity contribution in [3.05, 3.63) is 23.8 Å². The summed E-state index contributed by atoms with van der Waals surface area (Å²) in [7, 11) is 3.17. The van der Waals surface area contributed by atoms with Crippen LogP contribution in [-0.4, -0.2) is 43.5 Å². The molecule has 1 aromatic carbocycles. The van der Waals surface area contributed by atoms with Crippen LogP contribution in [0, 0.1) is 0 Å². The van der Waals surface area contributed by atoms with E-state index < -0.39 is 5.54 Å². The fourth-order valence-corrected chi connectivity index (χ4v) is 2.74. The average Bonchev–Trinajstić information content (AvgIpc) is 2.54. The molecule has 0 aliphatic heterocycles. The van der Waals surface area contributed by atoms with Crippen LogP contribution in [-0.2, 0) is 0 Å². The zero-order valence-corrected chi connectivity index (χ0v) is 14.0. The van der Waals surface area contributed by atoms with Crippen LogP contribution in [0.15, 0.2) is 18.2 Å². The summed E-state index contributed by atoms with van der Waals surface area (Å²) in [6, 6.07) is 5.35. The Labute approximate surface area is 128 Å². The first-order valence-corrected chi connectivity index (χ1v) is 7.50. The van der Waals surface area contributed by atoms with E-state index >= 15 is 0 Å². The highest BCUT2D eigenvalue weighted by Crippen LogP contribution is 2.31. The number of benzene rings is 1. The molecule has 1 rings (SSSR count). The van der Waals surface area contributed by atoms with Gasteiger partial charge in [-0.2, -0.15) is 0 Å². The minimum atomic E-state index is -0.497. The van der Waals surface area contributed by atoms with Crippen molar-refractivity contribution in [3.63, 3.8) is 0 Å². The van der Waals surface area contributed by atoms with E-state index in [4.69, 9.17) is 9.47 Å². The molecule has 1 atom stereocenters. The summed E-state index contributed by atoms with van der Waals surface area (Å²) in [5.74, 6) is 1.34. The third-order valence-electron chi connectivity index (χ3n) is 4.28. The van der Waals surface area contributed by atoms with Gasteiger partial charge >= 0.3 is 0 Å². The number of methoxy groups -OCH3 is 2. The highest BCUT2D eigenvalue weighted by atomic mass is 16.5. The summed E-state index contributed by atoms with van der Waals surface area (Å²) < 4.78 is 10.5. The zero-order valence-electron chi connectivity index (χ0n) is 14.0. The molecule has 0 aliphatic rings. The monoisotopic (exact) mass is 293 g/mol. The number of rotatable bonds is 8. The Balaban J connectivity index is 3.22. The maximum Gasteiger partial charge on any atom is 0.182 e. The zero-order chi connectivity index (χ0) is 16.0. The van der Waals surface area contributed by atoms with Crippen LogP contribution in [0.2, 0.25) is 0 Å². The van der Waals surface area contributed by atoms with Crippen molar-refractivity contribution in [3.8, 4) is 11.5 Å². The molecule has 0 saturated carbocycles. The molecule has 118 valence electrons. The van der Waals surface area contributed by atoms with Gasteiger partial charge in [0.1, 0.15) is 0 Å². The second-order valence-electron chi connectivity index (χ2n) is 5.20. The lowest BCUT2D eigenvalue weighted by atomic mass is 9.86. The molecule has 1 unspecified atom stereocenters. The molecule has 0 saturated heterocycles. The first-order chi connectivity index (χ1) is 9.98. The predicted molar refractivity (Wildman–Crippen MR) is 85.5 cm³/mol. The van der Waals surface area contributed by atoms with E-state index in [0.717, 1.165) is 19.5 Å². The number of nitrogens with zero attached hydrogens (tertiary/aromatic N) is 1. The van der Waals surface area contributed by atoms with Crippen molar-refractivity contribution in [2.45, 2.75) is 39.7 Å². The van der Waals surface area contributed by atoms with E-state index in [2.05, 4.69) is 25.7 Å². The van der Waals surface area contributed by atoms with Gasteiger partial charge in [-0.15, -0.1) is 0 Å². The van der Waals surface area contributed by atoms with Crippen LogP contribution in [0.1, 0.15) is 44.5 Å². The first kappa shape index (κ1) is 17.5. The van der Waals surface area contributed by atoms with Gasteiger partial charge in [0.2, 0.25) is 0 Å². The van der Waals surface area contributed by atoms with Gasteiger partial charge in [-0.1, -0.05) is 20.8 Å². The second kappa shape index (κ2) is 7.46. The van der Waals surface area contributed by atoms with Gasteiger partial charge in [-0.05, 0) is 44.6 Å². The van der Waals surface area contributed by atoms with Crippen molar-refractivity contribution in [2.24, 2.45) is 0 Å². The topological polar surface area (TPSA) is 38.8 Å². The standard InChI is InChI=1S/C17H27NO3/c1-7-17(4,18(8-2)9-3)16(19)13-10-11-14(20-5)15(12-13)21-6/h10-12H,7-9H2,1-6H3. The molecule has 0 fully saturated rings. The van der Waals surface area contributed by atoms with Gasteiger partial charge in [0, 0.05) is 5.56 Å². The number of Topliss-reactive ketones (excluding diaryl/α,β-unsaturated/α-hetero) is 1. The number of carbonyl (C=O) groups excluding carboxylic acids is 1. The Morgan fingerprint density at radius 2 is 1.67 bits per heavy atom. The Hall–Kier alpha value is -1.55. The number of likely N-dealkylation sites (N-methyl/N-ethyl adjacent to an activating group) is 1. The Morgan fingerprint density at radius 3 is 2.10 bits per heavy atom. The van der Waals surface area contributed by atoms with Gasteiger partial charge in [0.15, 0.2) is 17.3 Å². The van der Waals surface area contributed by atoms with E-state index in [-0.39, 0.29) is 5.78 Å². The van der Waals surface area contributed by atoms with Crippen LogP contribution in [0.5, 0.6) is 11.5 Å². The van der Waals surface area contributed by atoms with E-state index in [9.17, 15) is 4.79 Å². The van der Waals surface area contributed by atoms with Crippen molar-refractivity contribution in [1.29, 1.82) is 0 Å². The van der Waals surface area contributed by atoms with Gasteiger partial charge < -0.3 is 9.47 Å². The summed E-state index contributed by atoms with van der Waals surface area (Å²) in [5, 5.41) is 0. The normalized spacial score (nSPS) is 13.9. The predicted octanol–water partition coefficient (Wildman–Crippen LogP) is 3.40. The van der Waals surface area contributed by atoms with Crippen LogP contribution < -0.4 is 9.47 Å². The lowest BCUT2D eigenvalue weighted by Gasteiger charge is -2.38. The lowest BCUT2D eigenvalue weighted by Crippen LogP contribution is -2.51. The molecule has 0 heterocycles. The SMILES string of the molecule is CCN(CC)C(C)(CC)C(=O)c1ccc(OC)c(OC)c1. The highest BCUT2D eigenvalue weighted by Gasteiger charge is 2.36. The van der Waals surface area contributed by atoms with Gasteiger partial charge in [-0.3, -0.25) is 9.69 Å². The number of hydrogen-bond acceptors (Lipinski definition) is 4. The third kappa shape index (κ3) is 3.38. The first-order valence-electron chi connectivity index (χ1n) is 7.50. The van der Waals surface area contributed by atoms with E-state index in [1.165, 1.54) is 0 Å². The molecule has 0 N–H and O–H groups in total. The molecular formula is C17H27NO3. The van der Waals surface area contributed by atoms with Crippen molar-refractivity contribution in [1.82, 2.24) is 4.90 Å². The number of hydrogen-bond donors (Lipinski definition) is 0. The van der Waals surface area contributed by atoms with Crippen molar-refractivity contribution < 1.29 is 14.3 Å². The molecule has 4 heteroatoms.